The SMILES string of the molecule is C=CCOCc1ccc(CCC2CCC(CC=C)CC2)cc1. The van der Waals surface area contributed by atoms with Gasteiger partial charge in [0.1, 0.15) is 0 Å². The average molecular weight is 298 g/mol. The molecule has 1 aliphatic rings. The summed E-state index contributed by atoms with van der Waals surface area (Å²) in [5, 5.41) is 0. The molecule has 1 aromatic rings. The van der Waals surface area contributed by atoms with Gasteiger partial charge in [0.05, 0.1) is 13.2 Å². The molecule has 2 rings (SSSR count). The third-order valence-corrected chi connectivity index (χ3v) is 4.83. The Labute approximate surface area is 136 Å². The Morgan fingerprint density at radius 2 is 1.55 bits per heavy atom. The summed E-state index contributed by atoms with van der Waals surface area (Å²) in [5.41, 5.74) is 2.70. The maximum Gasteiger partial charge on any atom is 0.0721 e. The first-order valence-electron chi connectivity index (χ1n) is 8.69. The van der Waals surface area contributed by atoms with Crippen LogP contribution in [0.25, 0.3) is 0 Å². The molecule has 0 amide bonds. The van der Waals surface area contributed by atoms with Gasteiger partial charge < -0.3 is 4.74 Å². The smallest absolute Gasteiger partial charge is 0.0721 e. The molecule has 0 aromatic heterocycles. The second-order valence-corrected chi connectivity index (χ2v) is 6.57. The quantitative estimate of drug-likeness (QED) is 0.419. The molecule has 0 aliphatic heterocycles. The van der Waals surface area contributed by atoms with Crippen molar-refractivity contribution in [3.8, 4) is 0 Å². The van der Waals surface area contributed by atoms with Gasteiger partial charge in [0.2, 0.25) is 0 Å². The summed E-state index contributed by atoms with van der Waals surface area (Å²) in [5.74, 6) is 1.83. The number of rotatable bonds is 9. The Balaban J connectivity index is 1.68. The fraction of sp³-hybridized carbons (Fsp3) is 0.524. The van der Waals surface area contributed by atoms with Gasteiger partial charge in [0, 0.05) is 0 Å². The van der Waals surface area contributed by atoms with Crippen LogP contribution in [0.1, 0.15) is 49.7 Å². The highest BCUT2D eigenvalue weighted by molar-refractivity contribution is 5.22. The van der Waals surface area contributed by atoms with E-state index < -0.39 is 0 Å². The number of ether oxygens (including phenoxy) is 1. The number of hydrogen-bond acceptors (Lipinski definition) is 1. The summed E-state index contributed by atoms with van der Waals surface area (Å²) in [6.45, 7) is 8.83. The molecule has 0 N–H and O–H groups in total. The second-order valence-electron chi connectivity index (χ2n) is 6.57. The van der Waals surface area contributed by atoms with Crippen molar-refractivity contribution in [1.29, 1.82) is 0 Å². The minimum atomic E-state index is 0.621. The largest absolute Gasteiger partial charge is 0.373 e. The second kappa shape index (κ2) is 9.63. The standard InChI is InChI=1S/C21H30O/c1-3-5-18-6-8-19(9-7-18)10-11-20-12-14-21(15-13-20)17-22-16-4-2/h3-4,12-15,18-19H,1-2,5-11,16-17H2. The van der Waals surface area contributed by atoms with Gasteiger partial charge in [-0.05, 0) is 55.1 Å². The van der Waals surface area contributed by atoms with Crippen LogP contribution in [0.4, 0.5) is 0 Å². The highest BCUT2D eigenvalue weighted by Gasteiger charge is 2.19. The van der Waals surface area contributed by atoms with E-state index in [0.717, 1.165) is 11.8 Å². The maximum atomic E-state index is 5.47. The van der Waals surface area contributed by atoms with Crippen molar-refractivity contribution in [3.63, 3.8) is 0 Å². The first-order valence-corrected chi connectivity index (χ1v) is 8.69. The van der Waals surface area contributed by atoms with Crippen LogP contribution < -0.4 is 0 Å². The Hall–Kier alpha value is -1.34. The molecule has 0 heterocycles. The lowest BCUT2D eigenvalue weighted by Crippen LogP contribution is -2.14. The van der Waals surface area contributed by atoms with E-state index in [0.29, 0.717) is 13.2 Å². The fourth-order valence-electron chi connectivity index (χ4n) is 3.42. The first kappa shape index (κ1) is 17.0. The lowest BCUT2D eigenvalue weighted by atomic mass is 9.78. The molecule has 1 saturated carbocycles. The Morgan fingerprint density at radius 1 is 0.909 bits per heavy atom. The van der Waals surface area contributed by atoms with Crippen LogP contribution in [0.5, 0.6) is 0 Å². The number of benzene rings is 1. The van der Waals surface area contributed by atoms with E-state index in [4.69, 9.17) is 4.74 Å². The summed E-state index contributed by atoms with van der Waals surface area (Å²) < 4.78 is 5.47. The number of allylic oxidation sites excluding steroid dienone is 1. The van der Waals surface area contributed by atoms with Crippen LogP contribution in [0.2, 0.25) is 0 Å². The van der Waals surface area contributed by atoms with Crippen molar-refractivity contribution in [2.24, 2.45) is 11.8 Å². The molecule has 0 atom stereocenters. The molecule has 0 bridgehead atoms. The highest BCUT2D eigenvalue weighted by atomic mass is 16.5. The van der Waals surface area contributed by atoms with Crippen LogP contribution >= 0.6 is 0 Å². The van der Waals surface area contributed by atoms with Crippen LogP contribution in [0.15, 0.2) is 49.6 Å². The van der Waals surface area contributed by atoms with Gasteiger partial charge >= 0.3 is 0 Å². The molecule has 22 heavy (non-hydrogen) atoms. The molecule has 0 spiro atoms. The molecule has 1 fully saturated rings. The lowest BCUT2D eigenvalue weighted by molar-refractivity contribution is 0.149. The molecular formula is C21H30O. The lowest BCUT2D eigenvalue weighted by Gasteiger charge is -2.27. The van der Waals surface area contributed by atoms with E-state index in [1.807, 2.05) is 0 Å². The van der Waals surface area contributed by atoms with Crippen LogP contribution in [0.3, 0.4) is 0 Å². The average Bonchev–Trinajstić information content (AvgIpc) is 2.56. The predicted octanol–water partition coefficient (Wildman–Crippen LogP) is 5.70. The van der Waals surface area contributed by atoms with Crippen LogP contribution in [0, 0.1) is 11.8 Å². The van der Waals surface area contributed by atoms with Crippen molar-refractivity contribution in [2.75, 3.05) is 6.61 Å². The van der Waals surface area contributed by atoms with E-state index in [1.54, 1.807) is 6.08 Å². The Bertz CT molecular complexity index is 437. The number of hydrogen-bond donors (Lipinski definition) is 0. The number of aryl methyl sites for hydroxylation is 1. The molecule has 0 saturated heterocycles. The molecule has 1 aliphatic carbocycles. The van der Waals surface area contributed by atoms with E-state index >= 15 is 0 Å². The third-order valence-electron chi connectivity index (χ3n) is 4.83. The van der Waals surface area contributed by atoms with Crippen molar-refractivity contribution in [3.05, 3.63) is 60.7 Å². The van der Waals surface area contributed by atoms with Crippen molar-refractivity contribution in [2.45, 2.75) is 51.6 Å². The maximum absolute atomic E-state index is 5.47. The zero-order valence-electron chi connectivity index (χ0n) is 13.8. The van der Waals surface area contributed by atoms with Crippen LogP contribution in [-0.2, 0) is 17.8 Å². The summed E-state index contributed by atoms with van der Waals surface area (Å²) in [6.07, 6.45) is 13.3. The van der Waals surface area contributed by atoms with Gasteiger partial charge in [-0.15, -0.1) is 13.2 Å². The molecule has 1 nitrogen and oxygen atoms in total. The summed E-state index contributed by atoms with van der Waals surface area (Å²) in [7, 11) is 0. The summed E-state index contributed by atoms with van der Waals surface area (Å²) in [4.78, 5) is 0. The van der Waals surface area contributed by atoms with E-state index in [1.165, 1.54) is 56.1 Å². The molecular weight excluding hydrogens is 268 g/mol. The minimum Gasteiger partial charge on any atom is -0.373 e. The van der Waals surface area contributed by atoms with Crippen LogP contribution in [-0.4, -0.2) is 6.61 Å². The zero-order valence-corrected chi connectivity index (χ0v) is 13.8. The fourth-order valence-corrected chi connectivity index (χ4v) is 3.42. The zero-order chi connectivity index (χ0) is 15.6. The van der Waals surface area contributed by atoms with Gasteiger partial charge in [-0.2, -0.15) is 0 Å². The van der Waals surface area contributed by atoms with Gasteiger partial charge in [0.15, 0.2) is 0 Å². The van der Waals surface area contributed by atoms with Gasteiger partial charge in [-0.3, -0.25) is 0 Å². The molecule has 1 aromatic carbocycles. The summed E-state index contributed by atoms with van der Waals surface area (Å²) >= 11 is 0. The first-order chi connectivity index (χ1) is 10.8. The van der Waals surface area contributed by atoms with Gasteiger partial charge in [0.25, 0.3) is 0 Å². The van der Waals surface area contributed by atoms with Crippen molar-refractivity contribution in [1.82, 2.24) is 0 Å². The van der Waals surface area contributed by atoms with E-state index in [2.05, 4.69) is 43.5 Å². The summed E-state index contributed by atoms with van der Waals surface area (Å²) in [6, 6.07) is 8.91. The Morgan fingerprint density at radius 3 is 2.18 bits per heavy atom. The molecule has 1 heteroatoms. The van der Waals surface area contributed by atoms with Gasteiger partial charge in [-0.1, -0.05) is 49.3 Å². The van der Waals surface area contributed by atoms with Crippen molar-refractivity contribution >= 4 is 0 Å². The molecule has 0 radical (unpaired) electrons. The monoisotopic (exact) mass is 298 g/mol. The van der Waals surface area contributed by atoms with Crippen molar-refractivity contribution < 1.29 is 4.74 Å². The normalized spacial score (nSPS) is 21.5. The topological polar surface area (TPSA) is 9.23 Å². The molecule has 120 valence electrons. The van der Waals surface area contributed by atoms with Gasteiger partial charge in [-0.25, -0.2) is 0 Å². The third kappa shape index (κ3) is 5.81. The van der Waals surface area contributed by atoms with E-state index in [-0.39, 0.29) is 0 Å². The predicted molar refractivity (Wildman–Crippen MR) is 94.9 cm³/mol. The molecule has 0 unspecified atom stereocenters. The Kier molecular flexibility index (Phi) is 7.45. The minimum absolute atomic E-state index is 0.621. The highest BCUT2D eigenvalue weighted by Crippen LogP contribution is 2.33. The van der Waals surface area contributed by atoms with E-state index in [9.17, 15) is 0 Å².